The van der Waals surface area contributed by atoms with Crippen LogP contribution in [0.3, 0.4) is 0 Å². The molecule has 3 aromatic rings. The van der Waals surface area contributed by atoms with E-state index in [9.17, 15) is 22.8 Å². The Balaban J connectivity index is 1.72. The van der Waals surface area contributed by atoms with Crippen molar-refractivity contribution < 1.29 is 32.6 Å². The molecule has 1 aliphatic heterocycles. The Morgan fingerprint density at radius 1 is 1.19 bits per heavy atom. The van der Waals surface area contributed by atoms with E-state index in [0.717, 1.165) is 11.1 Å². The standard InChI is InChI=1S/C26H29F3N4O4/c1-3-16-13-19-22(31-21(16)17-7-5-4-6-8-17)24(37-15-26(27,28)29)23(32(19)2)25(36)30-18-9-11-33(12-10-18)20(35)14-34/h4-8,13,18,34H,3,9-12,14-15H2,1-2H3,(H,30,36). The third kappa shape index (κ3) is 5.71. The molecule has 198 valence electrons. The molecule has 1 fully saturated rings. The lowest BCUT2D eigenvalue weighted by molar-refractivity contribution is -0.153. The molecule has 0 unspecified atom stereocenters. The van der Waals surface area contributed by atoms with Crippen LogP contribution >= 0.6 is 0 Å². The van der Waals surface area contributed by atoms with Gasteiger partial charge in [-0.3, -0.25) is 9.59 Å². The van der Waals surface area contributed by atoms with Gasteiger partial charge in [0.15, 0.2) is 18.1 Å². The van der Waals surface area contributed by atoms with Crippen molar-refractivity contribution in [3.63, 3.8) is 0 Å². The fourth-order valence-corrected chi connectivity index (χ4v) is 4.64. The van der Waals surface area contributed by atoms with Crippen LogP contribution in [0.2, 0.25) is 0 Å². The van der Waals surface area contributed by atoms with Crippen LogP contribution < -0.4 is 10.1 Å². The molecule has 1 saturated heterocycles. The van der Waals surface area contributed by atoms with Crippen LogP contribution in [-0.4, -0.2) is 69.9 Å². The second kappa shape index (κ2) is 10.8. The van der Waals surface area contributed by atoms with Crippen molar-refractivity contribution in [2.24, 2.45) is 7.05 Å². The van der Waals surface area contributed by atoms with Crippen LogP contribution in [0.25, 0.3) is 22.3 Å². The summed E-state index contributed by atoms with van der Waals surface area (Å²) in [6.45, 7) is 0.537. The number of alkyl halides is 3. The maximum absolute atomic E-state index is 13.4. The van der Waals surface area contributed by atoms with Gasteiger partial charge in [0.05, 0.1) is 11.2 Å². The van der Waals surface area contributed by atoms with Crippen molar-refractivity contribution in [2.75, 3.05) is 26.3 Å². The third-order valence-corrected chi connectivity index (χ3v) is 6.55. The van der Waals surface area contributed by atoms with E-state index in [1.54, 1.807) is 7.05 Å². The molecule has 1 aliphatic rings. The Hall–Kier alpha value is -3.60. The maximum Gasteiger partial charge on any atom is 0.422 e. The number of carbonyl (C=O) groups excluding carboxylic acids is 2. The molecule has 37 heavy (non-hydrogen) atoms. The van der Waals surface area contributed by atoms with Crippen LogP contribution in [0.15, 0.2) is 36.4 Å². The van der Waals surface area contributed by atoms with Crippen molar-refractivity contribution in [1.82, 2.24) is 19.8 Å². The number of hydrogen-bond donors (Lipinski definition) is 2. The van der Waals surface area contributed by atoms with Gasteiger partial charge in [-0.1, -0.05) is 37.3 Å². The zero-order valence-electron chi connectivity index (χ0n) is 20.6. The van der Waals surface area contributed by atoms with E-state index < -0.39 is 25.3 Å². The van der Waals surface area contributed by atoms with Crippen LogP contribution in [0.1, 0.15) is 35.8 Å². The molecule has 0 radical (unpaired) electrons. The Morgan fingerprint density at radius 3 is 2.46 bits per heavy atom. The van der Waals surface area contributed by atoms with Crippen molar-refractivity contribution in [3.8, 4) is 17.0 Å². The number of amides is 2. The number of carbonyl (C=O) groups is 2. The summed E-state index contributed by atoms with van der Waals surface area (Å²) in [5.74, 6) is -1.18. The van der Waals surface area contributed by atoms with E-state index in [2.05, 4.69) is 5.32 Å². The summed E-state index contributed by atoms with van der Waals surface area (Å²) < 4.78 is 46.2. The van der Waals surface area contributed by atoms with Crippen molar-refractivity contribution in [3.05, 3.63) is 47.7 Å². The minimum absolute atomic E-state index is 0.0483. The van der Waals surface area contributed by atoms with Crippen LogP contribution in [0, 0.1) is 0 Å². The number of likely N-dealkylation sites (tertiary alicyclic amines) is 1. The second-order valence-electron chi connectivity index (χ2n) is 9.01. The number of hydrogen-bond acceptors (Lipinski definition) is 5. The number of aliphatic hydroxyl groups is 1. The van der Waals surface area contributed by atoms with Gasteiger partial charge >= 0.3 is 6.18 Å². The highest BCUT2D eigenvalue weighted by Gasteiger charge is 2.33. The number of aliphatic hydroxyl groups excluding tert-OH is 1. The van der Waals surface area contributed by atoms with Crippen LogP contribution in [0.4, 0.5) is 13.2 Å². The monoisotopic (exact) mass is 518 g/mol. The zero-order chi connectivity index (χ0) is 26.7. The quantitative estimate of drug-likeness (QED) is 0.500. The van der Waals surface area contributed by atoms with E-state index in [4.69, 9.17) is 14.8 Å². The molecule has 2 N–H and O–H groups in total. The fourth-order valence-electron chi connectivity index (χ4n) is 4.64. The fraction of sp³-hybridized carbons (Fsp3) is 0.423. The largest absolute Gasteiger partial charge is 0.479 e. The summed E-state index contributed by atoms with van der Waals surface area (Å²) >= 11 is 0. The smallest absolute Gasteiger partial charge is 0.422 e. The van der Waals surface area contributed by atoms with Crippen LogP contribution in [0.5, 0.6) is 5.75 Å². The lowest BCUT2D eigenvalue weighted by atomic mass is 10.0. The number of benzene rings is 1. The first kappa shape index (κ1) is 26.5. The van der Waals surface area contributed by atoms with Gasteiger partial charge in [-0.2, -0.15) is 13.2 Å². The van der Waals surface area contributed by atoms with Gasteiger partial charge in [0.2, 0.25) is 5.91 Å². The molecule has 8 nitrogen and oxygen atoms in total. The summed E-state index contributed by atoms with van der Waals surface area (Å²) in [6.07, 6.45) is -3.07. The summed E-state index contributed by atoms with van der Waals surface area (Å²) in [6, 6.07) is 10.8. The lowest BCUT2D eigenvalue weighted by Crippen LogP contribution is -2.47. The SMILES string of the molecule is CCc1cc2c(nc1-c1ccccc1)c(OCC(F)(F)F)c(C(=O)NC1CCN(C(=O)CO)CC1)n2C. The number of aryl methyl sites for hydroxylation is 2. The average Bonchev–Trinajstić information content (AvgIpc) is 3.17. The van der Waals surface area contributed by atoms with Gasteiger partial charge in [-0.25, -0.2) is 4.98 Å². The zero-order valence-corrected chi connectivity index (χ0v) is 20.6. The average molecular weight is 519 g/mol. The first-order valence-corrected chi connectivity index (χ1v) is 12.1. The molecule has 0 aliphatic carbocycles. The summed E-state index contributed by atoms with van der Waals surface area (Å²) in [4.78, 5) is 31.3. The number of nitrogens with one attached hydrogen (secondary N) is 1. The Labute approximate surface area is 212 Å². The summed E-state index contributed by atoms with van der Waals surface area (Å²) in [5.41, 5.74) is 2.92. The van der Waals surface area contributed by atoms with E-state index >= 15 is 0 Å². The topological polar surface area (TPSA) is 96.7 Å². The molecule has 0 spiro atoms. The molecule has 3 heterocycles. The van der Waals surface area contributed by atoms with Gasteiger partial charge in [0.1, 0.15) is 12.1 Å². The Morgan fingerprint density at radius 2 is 1.86 bits per heavy atom. The molecule has 11 heteroatoms. The minimum Gasteiger partial charge on any atom is -0.479 e. The van der Waals surface area contributed by atoms with Crippen molar-refractivity contribution in [1.29, 1.82) is 0 Å². The second-order valence-corrected chi connectivity index (χ2v) is 9.01. The first-order valence-electron chi connectivity index (χ1n) is 12.1. The highest BCUT2D eigenvalue weighted by atomic mass is 19.4. The number of nitrogens with zero attached hydrogens (tertiary/aromatic N) is 3. The third-order valence-electron chi connectivity index (χ3n) is 6.55. The number of piperidine rings is 1. The highest BCUT2D eigenvalue weighted by molar-refractivity contribution is 6.03. The molecule has 0 saturated carbocycles. The predicted molar refractivity (Wildman–Crippen MR) is 131 cm³/mol. The normalized spacial score (nSPS) is 14.7. The molecular formula is C26H29F3N4O4. The van der Waals surface area contributed by atoms with Crippen molar-refractivity contribution in [2.45, 2.75) is 38.4 Å². The van der Waals surface area contributed by atoms with Gasteiger partial charge < -0.3 is 24.6 Å². The Bertz CT molecular complexity index is 1280. The summed E-state index contributed by atoms with van der Waals surface area (Å²) in [5, 5.41) is 11.9. The number of ether oxygens (including phenoxy) is 1. The van der Waals surface area contributed by atoms with Gasteiger partial charge in [0.25, 0.3) is 5.91 Å². The van der Waals surface area contributed by atoms with Gasteiger partial charge in [-0.05, 0) is 30.9 Å². The van der Waals surface area contributed by atoms with E-state index in [-0.39, 0.29) is 28.9 Å². The molecule has 0 bridgehead atoms. The Kier molecular flexibility index (Phi) is 7.72. The predicted octanol–water partition coefficient (Wildman–Crippen LogP) is 3.46. The number of pyridine rings is 1. The highest BCUT2D eigenvalue weighted by Crippen LogP contribution is 2.36. The molecule has 2 amide bonds. The number of aromatic nitrogens is 2. The molecule has 0 atom stereocenters. The van der Waals surface area contributed by atoms with Crippen LogP contribution in [-0.2, 0) is 18.3 Å². The number of halogens is 3. The molecule has 4 rings (SSSR count). The first-order chi connectivity index (χ1) is 17.6. The molecule has 1 aromatic carbocycles. The maximum atomic E-state index is 13.4. The molecular weight excluding hydrogens is 489 g/mol. The van der Waals surface area contributed by atoms with Gasteiger partial charge in [-0.15, -0.1) is 0 Å². The number of fused-ring (bicyclic) bond motifs is 1. The summed E-state index contributed by atoms with van der Waals surface area (Å²) in [7, 11) is 1.60. The minimum atomic E-state index is -4.60. The van der Waals surface area contributed by atoms with Crippen molar-refractivity contribution >= 4 is 22.8 Å². The lowest BCUT2D eigenvalue weighted by Gasteiger charge is -2.32. The van der Waals surface area contributed by atoms with E-state index in [1.807, 2.05) is 43.3 Å². The molecule has 2 aromatic heterocycles. The van der Waals surface area contributed by atoms with E-state index in [0.29, 0.717) is 43.6 Å². The van der Waals surface area contributed by atoms with E-state index in [1.165, 1.54) is 9.47 Å². The van der Waals surface area contributed by atoms with Gasteiger partial charge in [0, 0.05) is 31.7 Å². The number of rotatable bonds is 7.